The third-order valence-corrected chi connectivity index (χ3v) is 6.26. The number of ketones is 1. The lowest BCUT2D eigenvalue weighted by Crippen LogP contribution is -2.26. The Labute approximate surface area is 159 Å². The number of hydrogen-bond donors (Lipinski definition) is 1. The number of allylic oxidation sites excluding steroid dienone is 1. The number of amides is 1. The van der Waals surface area contributed by atoms with E-state index in [2.05, 4.69) is 25.0 Å². The van der Waals surface area contributed by atoms with Crippen molar-refractivity contribution in [2.75, 3.05) is 6.61 Å². The van der Waals surface area contributed by atoms with E-state index in [9.17, 15) is 9.59 Å². The van der Waals surface area contributed by atoms with E-state index in [4.69, 9.17) is 4.74 Å². The smallest absolute Gasteiger partial charge is 0.265 e. The molecule has 0 aliphatic heterocycles. The highest BCUT2D eigenvalue weighted by atomic mass is 32.1. The molecule has 0 saturated heterocycles. The molecule has 1 amide bonds. The number of benzene rings is 1. The van der Waals surface area contributed by atoms with Gasteiger partial charge >= 0.3 is 0 Å². The molecule has 0 aliphatic carbocycles. The molecule has 0 saturated carbocycles. The molecule has 0 aliphatic rings. The summed E-state index contributed by atoms with van der Waals surface area (Å²) in [6.07, 6.45) is 0. The standard InChI is InChI=1S/C20H25NO3SSi/c1-15(22)19(24-12-14-26(2,3)4)18(16-9-6-5-7-10-16)21-20(23)17-11-8-13-25-17/h5-11,13H,12,14H2,1-4H3,(H,21,23)/b19-18+. The number of thiophene rings is 1. The molecule has 4 nitrogen and oxygen atoms in total. The fraction of sp³-hybridized carbons (Fsp3) is 0.300. The van der Waals surface area contributed by atoms with Crippen molar-refractivity contribution in [2.45, 2.75) is 32.6 Å². The van der Waals surface area contributed by atoms with E-state index in [1.165, 1.54) is 18.3 Å². The average molecular weight is 388 g/mol. The number of Topliss-reactive ketones (excluding diaryl/α,β-unsaturated/α-hetero) is 1. The van der Waals surface area contributed by atoms with Crippen LogP contribution in [0.4, 0.5) is 0 Å². The number of ether oxygens (including phenoxy) is 1. The second kappa shape index (κ2) is 8.96. The van der Waals surface area contributed by atoms with Crippen molar-refractivity contribution in [1.29, 1.82) is 0 Å². The molecule has 0 fully saturated rings. The van der Waals surface area contributed by atoms with Crippen LogP contribution in [0.5, 0.6) is 0 Å². The van der Waals surface area contributed by atoms with Crippen LogP contribution in [0, 0.1) is 0 Å². The number of carbonyl (C=O) groups excluding carboxylic acids is 2. The fourth-order valence-electron chi connectivity index (χ4n) is 2.26. The molecule has 0 unspecified atom stereocenters. The van der Waals surface area contributed by atoms with Crippen molar-refractivity contribution in [3.63, 3.8) is 0 Å². The molecule has 0 radical (unpaired) electrons. The zero-order valence-electron chi connectivity index (χ0n) is 15.7. The highest BCUT2D eigenvalue weighted by Gasteiger charge is 2.20. The van der Waals surface area contributed by atoms with Gasteiger partial charge in [-0.25, -0.2) is 0 Å². The van der Waals surface area contributed by atoms with Crippen LogP contribution in [0.25, 0.3) is 5.70 Å². The molecule has 1 N–H and O–H groups in total. The topological polar surface area (TPSA) is 55.4 Å². The first-order valence-corrected chi connectivity index (χ1v) is 13.1. The summed E-state index contributed by atoms with van der Waals surface area (Å²) < 4.78 is 5.87. The van der Waals surface area contributed by atoms with Gasteiger partial charge < -0.3 is 10.1 Å². The zero-order chi connectivity index (χ0) is 19.2. The number of rotatable bonds is 8. The first-order valence-electron chi connectivity index (χ1n) is 8.56. The molecule has 0 bridgehead atoms. The summed E-state index contributed by atoms with van der Waals surface area (Å²) >= 11 is 1.35. The molecule has 138 valence electrons. The van der Waals surface area contributed by atoms with E-state index in [-0.39, 0.29) is 17.4 Å². The Bertz CT molecular complexity index is 777. The quantitative estimate of drug-likeness (QED) is 0.402. The van der Waals surface area contributed by atoms with E-state index < -0.39 is 8.07 Å². The van der Waals surface area contributed by atoms with Gasteiger partial charge in [-0.3, -0.25) is 9.59 Å². The SMILES string of the molecule is CC(=O)/C(OCC[Si](C)(C)C)=C(\NC(=O)c1cccs1)c1ccccc1. The number of nitrogens with one attached hydrogen (secondary N) is 1. The largest absolute Gasteiger partial charge is 0.488 e. The van der Waals surface area contributed by atoms with Crippen molar-refractivity contribution >= 4 is 36.8 Å². The van der Waals surface area contributed by atoms with Gasteiger partial charge in [0.25, 0.3) is 5.91 Å². The highest BCUT2D eigenvalue weighted by Crippen LogP contribution is 2.21. The summed E-state index contributed by atoms with van der Waals surface area (Å²) in [5.41, 5.74) is 1.17. The van der Waals surface area contributed by atoms with Crippen molar-refractivity contribution in [3.8, 4) is 0 Å². The first-order chi connectivity index (χ1) is 12.3. The summed E-state index contributed by atoms with van der Waals surface area (Å²) in [6.45, 7) is 8.69. The maximum Gasteiger partial charge on any atom is 0.265 e. The lowest BCUT2D eigenvalue weighted by Gasteiger charge is -2.19. The second-order valence-corrected chi connectivity index (χ2v) is 13.8. The maximum absolute atomic E-state index is 12.6. The minimum atomic E-state index is -1.29. The van der Waals surface area contributed by atoms with Gasteiger partial charge in [0.2, 0.25) is 0 Å². The summed E-state index contributed by atoms with van der Waals surface area (Å²) in [7, 11) is -1.29. The van der Waals surface area contributed by atoms with Gasteiger partial charge in [0, 0.05) is 20.6 Å². The predicted octanol–water partition coefficient (Wildman–Crippen LogP) is 4.79. The second-order valence-electron chi connectivity index (χ2n) is 7.22. The zero-order valence-corrected chi connectivity index (χ0v) is 17.5. The number of hydrogen-bond acceptors (Lipinski definition) is 4. The van der Waals surface area contributed by atoms with Crippen LogP contribution in [0.1, 0.15) is 22.2 Å². The third-order valence-electron chi connectivity index (χ3n) is 3.69. The summed E-state index contributed by atoms with van der Waals surface area (Å²) in [4.78, 5) is 25.4. The Morgan fingerprint density at radius 2 is 1.77 bits per heavy atom. The molecule has 2 aromatic rings. The lowest BCUT2D eigenvalue weighted by atomic mass is 10.1. The lowest BCUT2D eigenvalue weighted by molar-refractivity contribution is -0.116. The van der Waals surface area contributed by atoms with Gasteiger partial charge in [-0.1, -0.05) is 56.0 Å². The normalized spacial score (nSPS) is 12.3. The van der Waals surface area contributed by atoms with E-state index in [1.54, 1.807) is 6.07 Å². The third kappa shape index (κ3) is 5.96. The maximum atomic E-state index is 12.6. The van der Waals surface area contributed by atoms with E-state index >= 15 is 0 Å². The Kier molecular flexibility index (Phi) is 6.94. The highest BCUT2D eigenvalue weighted by molar-refractivity contribution is 7.12. The summed E-state index contributed by atoms with van der Waals surface area (Å²) in [5, 5.41) is 4.73. The van der Waals surface area contributed by atoms with Crippen LogP contribution in [-0.4, -0.2) is 26.4 Å². The van der Waals surface area contributed by atoms with Gasteiger partial charge in [-0.05, 0) is 17.5 Å². The summed E-state index contributed by atoms with van der Waals surface area (Å²) in [5.74, 6) is -0.239. The van der Waals surface area contributed by atoms with Crippen LogP contribution in [0.3, 0.4) is 0 Å². The minimum absolute atomic E-state index is 0.203. The van der Waals surface area contributed by atoms with Crippen molar-refractivity contribution in [1.82, 2.24) is 5.32 Å². The molecule has 1 aromatic carbocycles. The van der Waals surface area contributed by atoms with Crippen LogP contribution < -0.4 is 5.32 Å². The van der Waals surface area contributed by atoms with Crippen molar-refractivity contribution in [2.24, 2.45) is 0 Å². The van der Waals surface area contributed by atoms with Crippen molar-refractivity contribution < 1.29 is 14.3 Å². The minimum Gasteiger partial charge on any atom is -0.488 e. The van der Waals surface area contributed by atoms with E-state index in [0.29, 0.717) is 17.2 Å². The van der Waals surface area contributed by atoms with E-state index in [0.717, 1.165) is 11.6 Å². The Morgan fingerprint density at radius 1 is 1.08 bits per heavy atom. The van der Waals surface area contributed by atoms with Crippen LogP contribution in [-0.2, 0) is 9.53 Å². The molecule has 0 atom stereocenters. The van der Waals surface area contributed by atoms with Gasteiger partial charge in [0.15, 0.2) is 11.5 Å². The molecule has 2 rings (SSSR count). The molecular weight excluding hydrogens is 362 g/mol. The van der Waals surface area contributed by atoms with E-state index in [1.807, 2.05) is 41.8 Å². The fourth-order valence-corrected chi connectivity index (χ4v) is 3.59. The molecule has 1 heterocycles. The van der Waals surface area contributed by atoms with Gasteiger partial charge in [0.05, 0.1) is 17.2 Å². The molecule has 6 heteroatoms. The molecule has 1 aromatic heterocycles. The Balaban J connectivity index is 2.36. The van der Waals surface area contributed by atoms with Gasteiger partial charge in [0.1, 0.15) is 0 Å². The molecule has 26 heavy (non-hydrogen) atoms. The Hall–Kier alpha value is -2.18. The van der Waals surface area contributed by atoms with Gasteiger partial charge in [-0.15, -0.1) is 11.3 Å². The van der Waals surface area contributed by atoms with Gasteiger partial charge in [-0.2, -0.15) is 0 Å². The van der Waals surface area contributed by atoms with Crippen molar-refractivity contribution in [3.05, 3.63) is 64.0 Å². The Morgan fingerprint density at radius 3 is 2.31 bits per heavy atom. The van der Waals surface area contributed by atoms with Crippen LogP contribution >= 0.6 is 11.3 Å². The predicted molar refractivity (Wildman–Crippen MR) is 110 cm³/mol. The van der Waals surface area contributed by atoms with Crippen LogP contribution in [0.2, 0.25) is 25.7 Å². The summed E-state index contributed by atoms with van der Waals surface area (Å²) in [6, 6.07) is 13.8. The molecular formula is C20H25NO3SSi. The monoisotopic (exact) mass is 387 g/mol. The number of carbonyl (C=O) groups is 2. The molecule has 0 spiro atoms. The first kappa shape index (κ1) is 20.1. The average Bonchev–Trinajstić information content (AvgIpc) is 3.11. The van der Waals surface area contributed by atoms with Crippen LogP contribution in [0.15, 0.2) is 53.6 Å².